The number of ether oxygens (including phenoxy) is 2. The third-order valence-corrected chi connectivity index (χ3v) is 5.56. The number of hydrogen-bond donors (Lipinski definition) is 2. The van der Waals surface area contributed by atoms with Crippen molar-refractivity contribution in [1.82, 2.24) is 10.1 Å². The van der Waals surface area contributed by atoms with E-state index in [0.717, 1.165) is 16.8 Å². The fraction of sp³-hybridized carbons (Fsp3) is 0.160. The van der Waals surface area contributed by atoms with Crippen molar-refractivity contribution >= 4 is 40.1 Å². The van der Waals surface area contributed by atoms with Gasteiger partial charge in [0.1, 0.15) is 5.76 Å². The van der Waals surface area contributed by atoms with Gasteiger partial charge >= 0.3 is 11.9 Å². The molecule has 2 heterocycles. The Morgan fingerprint density at radius 3 is 2.29 bits per heavy atom. The van der Waals surface area contributed by atoms with Gasteiger partial charge in [-0.3, -0.25) is 9.78 Å². The van der Waals surface area contributed by atoms with E-state index in [9.17, 15) is 14.4 Å². The van der Waals surface area contributed by atoms with Crippen molar-refractivity contribution in [2.24, 2.45) is 5.73 Å². The van der Waals surface area contributed by atoms with Crippen molar-refractivity contribution < 1.29 is 28.4 Å². The molecular formula is C25H22N4O6. The molecule has 0 bridgehead atoms. The number of nitrogens with one attached hydrogen (secondary N) is 1. The van der Waals surface area contributed by atoms with E-state index in [1.807, 2.05) is 32.0 Å². The number of esters is 2. The van der Waals surface area contributed by atoms with E-state index in [4.69, 9.17) is 19.7 Å². The first kappa shape index (κ1) is 23.4. The maximum Gasteiger partial charge on any atom is 0.338 e. The number of amides is 1. The number of primary amides is 1. The molecule has 1 amide bonds. The Labute approximate surface area is 200 Å². The van der Waals surface area contributed by atoms with Gasteiger partial charge in [0.05, 0.1) is 47.8 Å². The number of rotatable bonds is 6. The van der Waals surface area contributed by atoms with E-state index in [2.05, 4.69) is 15.5 Å². The van der Waals surface area contributed by atoms with Crippen molar-refractivity contribution in [2.45, 2.75) is 13.8 Å². The monoisotopic (exact) mass is 474 g/mol. The van der Waals surface area contributed by atoms with Crippen LogP contribution in [0, 0.1) is 13.8 Å². The molecule has 2 aromatic heterocycles. The van der Waals surface area contributed by atoms with Gasteiger partial charge in [0.15, 0.2) is 0 Å². The molecule has 0 aliphatic rings. The fourth-order valence-corrected chi connectivity index (χ4v) is 3.90. The van der Waals surface area contributed by atoms with Gasteiger partial charge in [-0.25, -0.2) is 9.59 Å². The molecule has 4 aromatic rings. The topological polar surface area (TPSA) is 147 Å². The Morgan fingerprint density at radius 2 is 1.66 bits per heavy atom. The summed E-state index contributed by atoms with van der Waals surface area (Å²) in [5.41, 5.74) is 9.69. The van der Waals surface area contributed by atoms with Crippen molar-refractivity contribution in [3.05, 3.63) is 70.7 Å². The van der Waals surface area contributed by atoms with Crippen LogP contribution in [0.4, 0.5) is 11.4 Å². The van der Waals surface area contributed by atoms with E-state index < -0.39 is 17.8 Å². The Hall–Kier alpha value is -4.73. The van der Waals surface area contributed by atoms with E-state index >= 15 is 0 Å². The first-order valence-electron chi connectivity index (χ1n) is 10.5. The molecule has 0 unspecified atom stereocenters. The molecule has 0 aliphatic carbocycles. The highest BCUT2D eigenvalue weighted by atomic mass is 16.5. The average molecular weight is 474 g/mol. The van der Waals surface area contributed by atoms with Crippen LogP contribution in [0.1, 0.15) is 42.5 Å². The minimum Gasteiger partial charge on any atom is -0.465 e. The third-order valence-electron chi connectivity index (χ3n) is 5.56. The van der Waals surface area contributed by atoms with Crippen LogP contribution in [0.2, 0.25) is 0 Å². The summed E-state index contributed by atoms with van der Waals surface area (Å²) in [7, 11) is 2.43. The predicted octanol–water partition coefficient (Wildman–Crippen LogP) is 3.92. The average Bonchev–Trinajstić information content (AvgIpc) is 3.20. The number of methoxy groups -OCH3 is 2. The normalized spacial score (nSPS) is 10.7. The Morgan fingerprint density at radius 1 is 0.943 bits per heavy atom. The van der Waals surface area contributed by atoms with Gasteiger partial charge < -0.3 is 25.0 Å². The highest BCUT2D eigenvalue weighted by molar-refractivity contribution is 6.09. The molecule has 3 N–H and O–H groups in total. The van der Waals surface area contributed by atoms with Gasteiger partial charge in [0.25, 0.3) is 5.91 Å². The molecule has 178 valence electrons. The second-order valence-corrected chi connectivity index (χ2v) is 7.71. The zero-order valence-electron chi connectivity index (χ0n) is 19.5. The molecule has 0 radical (unpaired) electrons. The SMILES string of the molecule is COC(=O)c1ccc(Nc2c(C(N)=O)cnc3cc(-c4c(C)noc4C)ccc23)cc1C(=O)OC. The van der Waals surface area contributed by atoms with Crippen LogP contribution in [0.15, 0.2) is 47.1 Å². The largest absolute Gasteiger partial charge is 0.465 e. The molecule has 0 saturated carbocycles. The first-order valence-corrected chi connectivity index (χ1v) is 10.5. The summed E-state index contributed by atoms with van der Waals surface area (Å²) in [6, 6.07) is 9.98. The lowest BCUT2D eigenvalue weighted by Gasteiger charge is -2.15. The van der Waals surface area contributed by atoms with Crippen LogP contribution in [-0.4, -0.2) is 42.2 Å². The molecule has 10 nitrogen and oxygen atoms in total. The van der Waals surface area contributed by atoms with E-state index in [1.165, 1.54) is 32.5 Å². The Kier molecular flexibility index (Phi) is 6.20. The third kappa shape index (κ3) is 4.29. The van der Waals surface area contributed by atoms with Crippen LogP contribution < -0.4 is 11.1 Å². The second kappa shape index (κ2) is 9.26. The lowest BCUT2D eigenvalue weighted by Crippen LogP contribution is -2.15. The number of pyridine rings is 1. The molecule has 0 fully saturated rings. The Balaban J connectivity index is 1.85. The highest BCUT2D eigenvalue weighted by Gasteiger charge is 2.21. The minimum atomic E-state index is -0.715. The number of carbonyl (C=O) groups excluding carboxylic acids is 3. The molecular weight excluding hydrogens is 452 g/mol. The standard InChI is InChI=1S/C25H22N4O6/c1-12-21(13(2)35-29-12)14-5-7-17-20(9-14)27-11-19(23(26)30)22(17)28-15-6-8-16(24(31)33-3)18(10-15)25(32)34-4/h5-11H,1-4H3,(H2,26,30)(H,27,28). The van der Waals surface area contributed by atoms with Crippen LogP contribution >= 0.6 is 0 Å². The summed E-state index contributed by atoms with van der Waals surface area (Å²) in [4.78, 5) is 41.0. The van der Waals surface area contributed by atoms with Crippen molar-refractivity contribution in [3.8, 4) is 11.1 Å². The second-order valence-electron chi connectivity index (χ2n) is 7.71. The van der Waals surface area contributed by atoms with Crippen LogP contribution in [0.25, 0.3) is 22.0 Å². The molecule has 10 heteroatoms. The summed E-state index contributed by atoms with van der Waals surface area (Å²) < 4.78 is 14.8. The van der Waals surface area contributed by atoms with Gasteiger partial charge in [-0.15, -0.1) is 0 Å². The summed E-state index contributed by atoms with van der Waals surface area (Å²) in [6.45, 7) is 3.68. The van der Waals surface area contributed by atoms with E-state index in [0.29, 0.717) is 28.0 Å². The molecule has 0 saturated heterocycles. The summed E-state index contributed by atoms with van der Waals surface area (Å²) in [5.74, 6) is -1.41. The molecule has 0 atom stereocenters. The van der Waals surface area contributed by atoms with E-state index in [-0.39, 0.29) is 16.7 Å². The first-order chi connectivity index (χ1) is 16.7. The number of hydrogen-bond acceptors (Lipinski definition) is 9. The molecule has 0 aliphatic heterocycles. The lowest BCUT2D eigenvalue weighted by molar-refractivity contribution is 0.0555. The Bertz CT molecular complexity index is 1470. The number of nitrogens with zero attached hydrogens (tertiary/aromatic N) is 2. The van der Waals surface area contributed by atoms with Gasteiger partial charge in [-0.05, 0) is 43.7 Å². The number of benzene rings is 2. The number of aromatic nitrogens is 2. The van der Waals surface area contributed by atoms with E-state index in [1.54, 1.807) is 6.07 Å². The molecule has 2 aromatic carbocycles. The van der Waals surface area contributed by atoms with Crippen molar-refractivity contribution in [2.75, 3.05) is 19.5 Å². The maximum absolute atomic E-state index is 12.3. The zero-order chi connectivity index (χ0) is 25.3. The van der Waals surface area contributed by atoms with Gasteiger partial charge in [-0.2, -0.15) is 0 Å². The summed E-state index contributed by atoms with van der Waals surface area (Å²) >= 11 is 0. The number of fused-ring (bicyclic) bond motifs is 1. The lowest BCUT2D eigenvalue weighted by atomic mass is 10.00. The molecule has 35 heavy (non-hydrogen) atoms. The maximum atomic E-state index is 12.3. The van der Waals surface area contributed by atoms with Gasteiger partial charge in [0.2, 0.25) is 0 Å². The number of carbonyl (C=O) groups is 3. The zero-order valence-corrected chi connectivity index (χ0v) is 19.5. The number of aryl methyl sites for hydroxylation is 2. The number of anilines is 2. The van der Waals surface area contributed by atoms with Crippen LogP contribution in [-0.2, 0) is 9.47 Å². The molecule has 0 spiro atoms. The van der Waals surface area contributed by atoms with Crippen LogP contribution in [0.3, 0.4) is 0 Å². The minimum absolute atomic E-state index is 0.00373. The van der Waals surface area contributed by atoms with Gasteiger partial charge in [0, 0.05) is 22.8 Å². The summed E-state index contributed by atoms with van der Waals surface area (Å²) in [5, 5.41) is 7.76. The quantitative estimate of drug-likeness (QED) is 0.397. The smallest absolute Gasteiger partial charge is 0.338 e. The van der Waals surface area contributed by atoms with Gasteiger partial charge in [-0.1, -0.05) is 17.3 Å². The molecule has 4 rings (SSSR count). The number of nitrogens with two attached hydrogens (primary N) is 1. The predicted molar refractivity (Wildman–Crippen MR) is 128 cm³/mol. The van der Waals surface area contributed by atoms with Crippen molar-refractivity contribution in [3.63, 3.8) is 0 Å². The van der Waals surface area contributed by atoms with Crippen LogP contribution in [0.5, 0.6) is 0 Å². The summed E-state index contributed by atoms with van der Waals surface area (Å²) in [6.07, 6.45) is 1.38. The highest BCUT2D eigenvalue weighted by Crippen LogP contribution is 2.34. The van der Waals surface area contributed by atoms with Crippen molar-refractivity contribution in [1.29, 1.82) is 0 Å². The fourth-order valence-electron chi connectivity index (χ4n) is 3.90.